The molecule has 0 aliphatic rings. The smallest absolute Gasteiger partial charge is 0.0884 e. The minimum atomic E-state index is -0.429. The van der Waals surface area contributed by atoms with E-state index in [0.717, 1.165) is 11.4 Å². The topological polar surface area (TPSA) is 44.3 Å². The molecule has 100 valence electrons. The van der Waals surface area contributed by atoms with E-state index in [-0.39, 0.29) is 0 Å². The first-order valence-electron chi connectivity index (χ1n) is 6.51. The van der Waals surface area contributed by atoms with Gasteiger partial charge in [-0.05, 0) is 31.2 Å². The van der Waals surface area contributed by atoms with E-state index in [4.69, 9.17) is 0 Å². The van der Waals surface area contributed by atoms with E-state index in [2.05, 4.69) is 29.7 Å². The van der Waals surface area contributed by atoms with E-state index in [1.54, 1.807) is 0 Å². The van der Waals surface area contributed by atoms with E-state index in [1.807, 2.05) is 42.5 Å². The van der Waals surface area contributed by atoms with Crippen LogP contribution in [0.4, 0.5) is 11.4 Å². The molecule has 0 fully saturated rings. The molecule has 2 aromatic carbocycles. The van der Waals surface area contributed by atoms with E-state index in [9.17, 15) is 5.11 Å². The second-order valence-electron chi connectivity index (χ2n) is 4.65. The number of anilines is 2. The zero-order valence-corrected chi connectivity index (χ0v) is 11.1. The molecular formula is C16H20N2O. The van der Waals surface area contributed by atoms with Crippen molar-refractivity contribution < 1.29 is 5.11 Å². The van der Waals surface area contributed by atoms with Gasteiger partial charge in [-0.2, -0.15) is 0 Å². The monoisotopic (exact) mass is 256 g/mol. The Morgan fingerprint density at radius 1 is 0.842 bits per heavy atom. The molecule has 0 aliphatic heterocycles. The second kappa shape index (κ2) is 6.81. The van der Waals surface area contributed by atoms with Gasteiger partial charge in [0.15, 0.2) is 0 Å². The first-order valence-corrected chi connectivity index (χ1v) is 6.51. The molecule has 2 rings (SSSR count). The molecule has 0 saturated carbocycles. The summed E-state index contributed by atoms with van der Waals surface area (Å²) in [6, 6.07) is 18.0. The van der Waals surface area contributed by atoms with Gasteiger partial charge in [0.25, 0.3) is 0 Å². The van der Waals surface area contributed by atoms with Crippen molar-refractivity contribution in [3.8, 4) is 0 Å². The van der Waals surface area contributed by atoms with Crippen molar-refractivity contribution in [3.63, 3.8) is 0 Å². The van der Waals surface area contributed by atoms with Gasteiger partial charge < -0.3 is 15.7 Å². The van der Waals surface area contributed by atoms with Gasteiger partial charge >= 0.3 is 0 Å². The van der Waals surface area contributed by atoms with Crippen molar-refractivity contribution in [1.29, 1.82) is 0 Å². The van der Waals surface area contributed by atoms with Gasteiger partial charge in [-0.15, -0.1) is 0 Å². The van der Waals surface area contributed by atoms with Crippen LogP contribution in [0.2, 0.25) is 0 Å². The van der Waals surface area contributed by atoms with E-state index in [0.29, 0.717) is 13.1 Å². The molecule has 0 bridgehead atoms. The SMILES string of the molecule is Cc1ccc(NCC(O)CNc2ccccc2)cc1. The Labute approximate surface area is 114 Å². The van der Waals surface area contributed by atoms with Crippen molar-refractivity contribution in [3.05, 3.63) is 60.2 Å². The molecule has 3 N–H and O–H groups in total. The number of para-hydroxylation sites is 1. The number of benzene rings is 2. The summed E-state index contributed by atoms with van der Waals surface area (Å²) >= 11 is 0. The first kappa shape index (κ1) is 13.4. The van der Waals surface area contributed by atoms with E-state index < -0.39 is 6.10 Å². The van der Waals surface area contributed by atoms with Crippen LogP contribution in [0.1, 0.15) is 5.56 Å². The van der Waals surface area contributed by atoms with Crippen LogP contribution in [0, 0.1) is 6.92 Å². The molecule has 0 amide bonds. The zero-order valence-electron chi connectivity index (χ0n) is 11.1. The Morgan fingerprint density at radius 3 is 1.95 bits per heavy atom. The number of aliphatic hydroxyl groups excluding tert-OH is 1. The fourth-order valence-electron chi connectivity index (χ4n) is 1.77. The normalized spacial score (nSPS) is 11.9. The molecule has 3 heteroatoms. The lowest BCUT2D eigenvalue weighted by Gasteiger charge is -2.14. The molecule has 0 saturated heterocycles. The number of aryl methyl sites for hydroxylation is 1. The van der Waals surface area contributed by atoms with Gasteiger partial charge in [0.2, 0.25) is 0 Å². The van der Waals surface area contributed by atoms with Gasteiger partial charge in [0.05, 0.1) is 6.10 Å². The Bertz CT molecular complexity index is 482. The van der Waals surface area contributed by atoms with Crippen molar-refractivity contribution in [2.24, 2.45) is 0 Å². The highest BCUT2D eigenvalue weighted by Crippen LogP contribution is 2.09. The highest BCUT2D eigenvalue weighted by atomic mass is 16.3. The summed E-state index contributed by atoms with van der Waals surface area (Å²) in [5, 5.41) is 16.3. The molecule has 2 aromatic rings. The largest absolute Gasteiger partial charge is 0.389 e. The first-order chi connectivity index (χ1) is 9.24. The minimum Gasteiger partial charge on any atom is -0.389 e. The lowest BCUT2D eigenvalue weighted by molar-refractivity contribution is 0.201. The third-order valence-corrected chi connectivity index (χ3v) is 2.91. The fraction of sp³-hybridized carbons (Fsp3) is 0.250. The second-order valence-corrected chi connectivity index (χ2v) is 4.65. The van der Waals surface area contributed by atoms with Crippen LogP contribution in [0.5, 0.6) is 0 Å². The molecular weight excluding hydrogens is 236 g/mol. The third kappa shape index (κ3) is 4.64. The molecule has 3 nitrogen and oxygen atoms in total. The summed E-state index contributed by atoms with van der Waals surface area (Å²) in [5.74, 6) is 0. The maximum atomic E-state index is 9.90. The molecule has 0 spiro atoms. The maximum absolute atomic E-state index is 9.90. The third-order valence-electron chi connectivity index (χ3n) is 2.91. The summed E-state index contributed by atoms with van der Waals surface area (Å²) in [5.41, 5.74) is 3.29. The van der Waals surface area contributed by atoms with Gasteiger partial charge in [-0.3, -0.25) is 0 Å². The number of aliphatic hydroxyl groups is 1. The molecule has 1 atom stereocenters. The van der Waals surface area contributed by atoms with Crippen LogP contribution in [-0.2, 0) is 0 Å². The molecule has 19 heavy (non-hydrogen) atoms. The molecule has 1 unspecified atom stereocenters. The lowest BCUT2D eigenvalue weighted by Crippen LogP contribution is -2.27. The van der Waals surface area contributed by atoms with Crippen molar-refractivity contribution in [1.82, 2.24) is 0 Å². The number of hydrogen-bond acceptors (Lipinski definition) is 3. The summed E-state index contributed by atoms with van der Waals surface area (Å²) < 4.78 is 0. The summed E-state index contributed by atoms with van der Waals surface area (Å²) in [6.45, 7) is 3.12. The molecule has 0 heterocycles. The van der Waals surface area contributed by atoms with Crippen LogP contribution in [0.3, 0.4) is 0 Å². The number of hydrogen-bond donors (Lipinski definition) is 3. The Balaban J connectivity index is 1.72. The van der Waals surface area contributed by atoms with E-state index in [1.165, 1.54) is 5.56 Å². The predicted octanol–water partition coefficient (Wildman–Crippen LogP) is 2.88. The van der Waals surface area contributed by atoms with E-state index >= 15 is 0 Å². The van der Waals surface area contributed by atoms with Crippen LogP contribution in [0.15, 0.2) is 54.6 Å². The standard InChI is InChI=1S/C16H20N2O/c1-13-7-9-15(10-8-13)18-12-16(19)11-17-14-5-3-2-4-6-14/h2-10,16-19H,11-12H2,1H3. The summed E-state index contributed by atoms with van der Waals surface area (Å²) in [7, 11) is 0. The van der Waals surface area contributed by atoms with Gasteiger partial charge in [0.1, 0.15) is 0 Å². The van der Waals surface area contributed by atoms with Crippen molar-refractivity contribution in [2.45, 2.75) is 13.0 Å². The van der Waals surface area contributed by atoms with Gasteiger partial charge in [-0.25, -0.2) is 0 Å². The Morgan fingerprint density at radius 2 is 1.37 bits per heavy atom. The summed E-state index contributed by atoms with van der Waals surface area (Å²) in [6.07, 6.45) is -0.429. The zero-order chi connectivity index (χ0) is 13.5. The van der Waals surface area contributed by atoms with Crippen molar-refractivity contribution >= 4 is 11.4 Å². The van der Waals surface area contributed by atoms with Crippen LogP contribution in [-0.4, -0.2) is 24.3 Å². The van der Waals surface area contributed by atoms with Gasteiger partial charge in [-0.1, -0.05) is 35.9 Å². The molecule has 0 aliphatic carbocycles. The Kier molecular flexibility index (Phi) is 4.81. The Hall–Kier alpha value is -2.00. The minimum absolute atomic E-state index is 0.429. The maximum Gasteiger partial charge on any atom is 0.0884 e. The predicted molar refractivity (Wildman–Crippen MR) is 80.6 cm³/mol. The number of rotatable bonds is 6. The fourth-order valence-corrected chi connectivity index (χ4v) is 1.77. The quantitative estimate of drug-likeness (QED) is 0.744. The summed E-state index contributed by atoms with van der Waals surface area (Å²) in [4.78, 5) is 0. The molecule has 0 aromatic heterocycles. The van der Waals surface area contributed by atoms with Crippen LogP contribution >= 0.6 is 0 Å². The van der Waals surface area contributed by atoms with Crippen molar-refractivity contribution in [2.75, 3.05) is 23.7 Å². The number of nitrogens with one attached hydrogen (secondary N) is 2. The van der Waals surface area contributed by atoms with Crippen LogP contribution in [0.25, 0.3) is 0 Å². The average Bonchev–Trinajstić information content (AvgIpc) is 2.45. The molecule has 0 radical (unpaired) electrons. The van der Waals surface area contributed by atoms with Crippen LogP contribution < -0.4 is 10.6 Å². The highest BCUT2D eigenvalue weighted by molar-refractivity contribution is 5.45. The average molecular weight is 256 g/mol. The highest BCUT2D eigenvalue weighted by Gasteiger charge is 2.03. The van der Waals surface area contributed by atoms with Gasteiger partial charge in [0, 0.05) is 24.5 Å². The lowest BCUT2D eigenvalue weighted by atomic mass is 10.2.